The monoisotopic (exact) mass is 279 g/mol. The third-order valence-corrected chi connectivity index (χ3v) is 3.11. The van der Waals surface area contributed by atoms with Crippen LogP contribution in [0.4, 0.5) is 5.69 Å². The van der Waals surface area contributed by atoms with Crippen LogP contribution in [0.5, 0.6) is 0 Å². The molecule has 0 heterocycles. The minimum absolute atomic E-state index is 0.0318. The van der Waals surface area contributed by atoms with Crippen LogP contribution in [0.25, 0.3) is 0 Å². The lowest BCUT2D eigenvalue weighted by atomic mass is 10.1. The van der Waals surface area contributed by atoms with Gasteiger partial charge in [0.25, 0.3) is 5.91 Å². The van der Waals surface area contributed by atoms with E-state index >= 15 is 0 Å². The molecule has 110 valence electrons. The molecule has 0 saturated carbocycles. The zero-order valence-corrected chi connectivity index (χ0v) is 12.1. The minimum Gasteiger partial charge on any atom is -0.481 e. The molecule has 0 saturated heterocycles. The fraction of sp³-hybridized carbons (Fsp3) is 0.467. The van der Waals surface area contributed by atoms with E-state index in [0.29, 0.717) is 13.0 Å². The number of anilines is 1. The highest BCUT2D eigenvalue weighted by molar-refractivity contribution is 5.99. The maximum absolute atomic E-state index is 12.5. The summed E-state index contributed by atoms with van der Waals surface area (Å²) in [4.78, 5) is 24.7. The number of carboxylic acid groups (broad SMARTS) is 1. The van der Waals surface area contributed by atoms with Gasteiger partial charge in [-0.2, -0.15) is 0 Å². The second-order valence-corrected chi connectivity index (χ2v) is 5.00. The third kappa shape index (κ3) is 4.35. The van der Waals surface area contributed by atoms with Gasteiger partial charge in [0.1, 0.15) is 5.60 Å². The molecule has 0 fully saturated rings. The van der Waals surface area contributed by atoms with Crippen molar-refractivity contribution in [2.45, 2.75) is 32.3 Å². The van der Waals surface area contributed by atoms with Gasteiger partial charge in [-0.1, -0.05) is 18.2 Å². The van der Waals surface area contributed by atoms with Gasteiger partial charge >= 0.3 is 5.97 Å². The Morgan fingerprint density at radius 1 is 1.25 bits per heavy atom. The largest absolute Gasteiger partial charge is 0.481 e. The summed E-state index contributed by atoms with van der Waals surface area (Å²) in [6.07, 6.45) is 0.430. The Hall–Kier alpha value is -1.88. The molecule has 0 aliphatic heterocycles. The molecule has 20 heavy (non-hydrogen) atoms. The molecule has 0 spiro atoms. The van der Waals surface area contributed by atoms with Gasteiger partial charge in [0, 0.05) is 25.8 Å². The zero-order valence-electron chi connectivity index (χ0n) is 12.1. The van der Waals surface area contributed by atoms with Crippen molar-refractivity contribution in [3.63, 3.8) is 0 Å². The molecule has 0 unspecified atom stereocenters. The second-order valence-electron chi connectivity index (χ2n) is 5.00. The number of hydrogen-bond donors (Lipinski definition) is 1. The van der Waals surface area contributed by atoms with Crippen LogP contribution in [0.15, 0.2) is 30.3 Å². The maximum atomic E-state index is 12.5. The summed E-state index contributed by atoms with van der Waals surface area (Å²) in [5, 5.41) is 8.71. The van der Waals surface area contributed by atoms with Crippen LogP contribution >= 0.6 is 0 Å². The Morgan fingerprint density at radius 3 is 2.35 bits per heavy atom. The Balaban J connectivity index is 2.90. The van der Waals surface area contributed by atoms with E-state index in [4.69, 9.17) is 9.84 Å². The molecule has 5 nitrogen and oxygen atoms in total. The molecule has 1 rings (SSSR count). The summed E-state index contributed by atoms with van der Waals surface area (Å²) < 4.78 is 5.22. The molecule has 1 N–H and O–H groups in total. The second kappa shape index (κ2) is 7.05. The number of carboxylic acids is 1. The van der Waals surface area contributed by atoms with Gasteiger partial charge in [-0.3, -0.25) is 9.59 Å². The highest BCUT2D eigenvalue weighted by Crippen LogP contribution is 2.20. The Morgan fingerprint density at radius 2 is 1.85 bits per heavy atom. The molecule has 0 atom stereocenters. The van der Waals surface area contributed by atoms with E-state index in [1.807, 2.05) is 30.3 Å². The highest BCUT2D eigenvalue weighted by Gasteiger charge is 2.32. The average molecular weight is 279 g/mol. The van der Waals surface area contributed by atoms with Gasteiger partial charge in [0.05, 0.1) is 0 Å². The van der Waals surface area contributed by atoms with Crippen LogP contribution in [-0.2, 0) is 14.3 Å². The van der Waals surface area contributed by atoms with E-state index in [2.05, 4.69) is 0 Å². The predicted molar refractivity (Wildman–Crippen MR) is 76.8 cm³/mol. The summed E-state index contributed by atoms with van der Waals surface area (Å²) >= 11 is 0. The van der Waals surface area contributed by atoms with E-state index in [-0.39, 0.29) is 12.3 Å². The quantitative estimate of drug-likeness (QED) is 0.831. The molecule has 0 aromatic heterocycles. The van der Waals surface area contributed by atoms with Gasteiger partial charge in [0.2, 0.25) is 0 Å². The molecular formula is C15H21NO4. The SMILES string of the molecule is COC(C)(C)C(=O)N(CCCC(=O)O)c1ccccc1. The van der Waals surface area contributed by atoms with Gasteiger partial charge in [-0.25, -0.2) is 0 Å². The summed E-state index contributed by atoms with van der Waals surface area (Å²) in [5.41, 5.74) is -0.202. The minimum atomic E-state index is -0.945. The predicted octanol–water partition coefficient (Wildman–Crippen LogP) is 2.31. The standard InChI is InChI=1S/C15H21NO4/c1-15(2,20-3)14(19)16(11-7-10-13(17)18)12-8-5-4-6-9-12/h4-6,8-9H,7,10-11H2,1-3H3,(H,17,18). The maximum Gasteiger partial charge on any atom is 0.303 e. The number of para-hydroxylation sites is 1. The number of carbonyl (C=O) groups excluding carboxylic acids is 1. The van der Waals surface area contributed by atoms with E-state index in [9.17, 15) is 9.59 Å². The molecule has 0 aliphatic rings. The lowest BCUT2D eigenvalue weighted by molar-refractivity contribution is -0.138. The van der Waals surface area contributed by atoms with Crippen molar-refractivity contribution >= 4 is 17.6 Å². The lowest BCUT2D eigenvalue weighted by Gasteiger charge is -2.31. The van der Waals surface area contributed by atoms with Crippen LogP contribution in [0, 0.1) is 0 Å². The summed E-state index contributed by atoms with van der Waals surface area (Å²) in [6.45, 7) is 3.74. The molecule has 0 radical (unpaired) electrons. The van der Waals surface area contributed by atoms with Crippen molar-refractivity contribution < 1.29 is 19.4 Å². The fourth-order valence-corrected chi connectivity index (χ4v) is 1.76. The first-order chi connectivity index (χ1) is 9.38. The van der Waals surface area contributed by atoms with E-state index in [1.54, 1.807) is 18.7 Å². The topological polar surface area (TPSA) is 66.8 Å². The highest BCUT2D eigenvalue weighted by atomic mass is 16.5. The Kier molecular flexibility index (Phi) is 5.70. The number of methoxy groups -OCH3 is 1. The van der Waals surface area contributed by atoms with Gasteiger partial charge in [-0.15, -0.1) is 0 Å². The first-order valence-electron chi connectivity index (χ1n) is 6.52. The van der Waals surface area contributed by atoms with Crippen LogP contribution in [0.2, 0.25) is 0 Å². The van der Waals surface area contributed by atoms with Gasteiger partial charge in [-0.05, 0) is 32.4 Å². The van der Waals surface area contributed by atoms with Crippen molar-refractivity contribution in [2.75, 3.05) is 18.6 Å². The van der Waals surface area contributed by atoms with E-state index in [0.717, 1.165) is 5.69 Å². The number of hydrogen-bond acceptors (Lipinski definition) is 3. The summed E-state index contributed by atoms with van der Waals surface area (Å²) in [5.74, 6) is -1.05. The Labute approximate surface area is 119 Å². The number of amides is 1. The third-order valence-electron chi connectivity index (χ3n) is 3.11. The van der Waals surface area contributed by atoms with Crippen LogP contribution in [-0.4, -0.2) is 36.2 Å². The molecule has 1 aromatic rings. The summed E-state index contributed by atoms with van der Waals surface area (Å²) in [7, 11) is 1.48. The van der Waals surface area contributed by atoms with Crippen molar-refractivity contribution in [3.05, 3.63) is 30.3 Å². The van der Waals surface area contributed by atoms with Crippen LogP contribution in [0.1, 0.15) is 26.7 Å². The van der Waals surface area contributed by atoms with Gasteiger partial charge in [0.15, 0.2) is 0 Å². The number of aliphatic carboxylic acids is 1. The Bertz CT molecular complexity index is 456. The van der Waals surface area contributed by atoms with Crippen molar-refractivity contribution in [3.8, 4) is 0 Å². The first kappa shape index (κ1) is 16.2. The summed E-state index contributed by atoms with van der Waals surface area (Å²) in [6, 6.07) is 9.19. The van der Waals surface area contributed by atoms with Crippen LogP contribution < -0.4 is 4.90 Å². The van der Waals surface area contributed by atoms with E-state index in [1.165, 1.54) is 7.11 Å². The van der Waals surface area contributed by atoms with Crippen molar-refractivity contribution in [1.82, 2.24) is 0 Å². The number of carbonyl (C=O) groups is 2. The molecular weight excluding hydrogens is 258 g/mol. The zero-order chi connectivity index (χ0) is 15.2. The number of benzene rings is 1. The van der Waals surface area contributed by atoms with Crippen molar-refractivity contribution in [2.24, 2.45) is 0 Å². The molecule has 1 aromatic carbocycles. The smallest absolute Gasteiger partial charge is 0.303 e. The molecule has 5 heteroatoms. The van der Waals surface area contributed by atoms with E-state index < -0.39 is 11.6 Å². The number of ether oxygens (including phenoxy) is 1. The van der Waals surface area contributed by atoms with Crippen molar-refractivity contribution in [1.29, 1.82) is 0 Å². The number of nitrogens with zero attached hydrogens (tertiary/aromatic N) is 1. The first-order valence-corrected chi connectivity index (χ1v) is 6.52. The molecule has 0 aliphatic carbocycles. The average Bonchev–Trinajstić information content (AvgIpc) is 2.43. The number of rotatable bonds is 7. The lowest BCUT2D eigenvalue weighted by Crippen LogP contribution is -2.47. The fourth-order valence-electron chi connectivity index (χ4n) is 1.76. The normalized spacial score (nSPS) is 11.2. The van der Waals surface area contributed by atoms with Crippen LogP contribution in [0.3, 0.4) is 0 Å². The molecule has 1 amide bonds. The molecule has 0 bridgehead atoms. The van der Waals surface area contributed by atoms with Gasteiger partial charge < -0.3 is 14.7 Å².